The van der Waals surface area contributed by atoms with Crippen molar-refractivity contribution in [2.24, 2.45) is 5.92 Å². The van der Waals surface area contributed by atoms with Crippen LogP contribution in [-0.4, -0.2) is 27.9 Å². The molecule has 0 bridgehead atoms. The molecule has 0 fully saturated rings. The molecule has 1 unspecified atom stereocenters. The van der Waals surface area contributed by atoms with E-state index in [0.29, 0.717) is 6.42 Å². The number of carbonyl (C=O) groups excluding carboxylic acids is 1. The second-order valence-corrected chi connectivity index (χ2v) is 4.60. The van der Waals surface area contributed by atoms with E-state index in [1.165, 1.54) is 0 Å². The average Bonchev–Trinajstić information content (AvgIpc) is 2.43. The molecule has 7 nitrogen and oxygen atoms in total. The van der Waals surface area contributed by atoms with Crippen LogP contribution in [0.5, 0.6) is 0 Å². The molecule has 0 heterocycles. The van der Waals surface area contributed by atoms with E-state index >= 15 is 0 Å². The van der Waals surface area contributed by atoms with Gasteiger partial charge in [0.2, 0.25) is 5.82 Å². The number of hydrogen-bond acceptors (Lipinski definition) is 4. The summed E-state index contributed by atoms with van der Waals surface area (Å²) in [5.41, 5.74) is -1.00. The van der Waals surface area contributed by atoms with Crippen LogP contribution in [0.15, 0.2) is 18.2 Å². The van der Waals surface area contributed by atoms with E-state index in [1.54, 1.807) is 13.8 Å². The third-order valence-electron chi connectivity index (χ3n) is 3.17. The van der Waals surface area contributed by atoms with Crippen LogP contribution in [0.25, 0.3) is 0 Å². The topological polar surface area (TPSA) is 110 Å². The third-order valence-corrected chi connectivity index (χ3v) is 3.17. The molecule has 0 aliphatic rings. The molecular formula is C13H15FN2O5. The van der Waals surface area contributed by atoms with Crippen LogP contribution in [0.1, 0.15) is 30.6 Å². The molecular weight excluding hydrogens is 283 g/mol. The van der Waals surface area contributed by atoms with Gasteiger partial charge in [-0.2, -0.15) is 4.39 Å². The number of aliphatic carboxylic acids is 1. The fraction of sp³-hybridized carbons (Fsp3) is 0.385. The second kappa shape index (κ2) is 6.78. The molecule has 1 aromatic carbocycles. The van der Waals surface area contributed by atoms with Gasteiger partial charge in [0, 0.05) is 11.6 Å². The maximum Gasteiger partial charge on any atom is 0.326 e. The molecule has 0 radical (unpaired) electrons. The average molecular weight is 298 g/mol. The highest BCUT2D eigenvalue weighted by Gasteiger charge is 2.26. The number of halogens is 1. The van der Waals surface area contributed by atoms with Crippen molar-refractivity contribution < 1.29 is 24.0 Å². The van der Waals surface area contributed by atoms with Gasteiger partial charge in [-0.3, -0.25) is 14.9 Å². The minimum absolute atomic E-state index is 0.169. The Balaban J connectivity index is 3.00. The quantitative estimate of drug-likeness (QED) is 0.616. The first-order valence-electron chi connectivity index (χ1n) is 6.25. The van der Waals surface area contributed by atoms with Crippen LogP contribution < -0.4 is 5.32 Å². The van der Waals surface area contributed by atoms with Gasteiger partial charge in [0.15, 0.2) is 0 Å². The molecule has 2 N–H and O–H groups in total. The van der Waals surface area contributed by atoms with Crippen LogP contribution in [0.2, 0.25) is 0 Å². The minimum Gasteiger partial charge on any atom is -0.480 e. The van der Waals surface area contributed by atoms with Gasteiger partial charge in [-0.25, -0.2) is 4.79 Å². The number of nitro groups is 1. The van der Waals surface area contributed by atoms with Crippen molar-refractivity contribution in [3.63, 3.8) is 0 Å². The Morgan fingerprint density at radius 2 is 2.10 bits per heavy atom. The Morgan fingerprint density at radius 3 is 2.57 bits per heavy atom. The van der Waals surface area contributed by atoms with Gasteiger partial charge < -0.3 is 10.4 Å². The summed E-state index contributed by atoms with van der Waals surface area (Å²) >= 11 is 0. The number of nitrogens with one attached hydrogen (secondary N) is 1. The van der Waals surface area contributed by atoms with Gasteiger partial charge in [0.05, 0.1) is 4.92 Å². The van der Waals surface area contributed by atoms with E-state index in [9.17, 15) is 24.1 Å². The normalized spacial score (nSPS) is 13.3. The standard InChI is InChI=1S/C13H15FN2O5/c1-3-7(2)11(13(18)19)15-12(17)8-4-5-9(14)10(6-8)16(20)21/h4-7,11H,3H2,1-2H3,(H,15,17)(H,18,19)/t7?,11-/m0/s1. The molecule has 0 saturated carbocycles. The van der Waals surface area contributed by atoms with Crippen molar-refractivity contribution in [3.8, 4) is 0 Å². The molecule has 0 aliphatic carbocycles. The first-order valence-corrected chi connectivity index (χ1v) is 6.25. The number of nitrogens with zero attached hydrogens (tertiary/aromatic N) is 1. The zero-order valence-corrected chi connectivity index (χ0v) is 11.5. The Labute approximate surface area is 119 Å². The number of carboxylic acids is 1. The molecule has 2 atom stereocenters. The van der Waals surface area contributed by atoms with Crippen molar-refractivity contribution >= 4 is 17.6 Å². The van der Waals surface area contributed by atoms with Crippen LogP contribution in [0, 0.1) is 21.8 Å². The summed E-state index contributed by atoms with van der Waals surface area (Å²) in [6.45, 7) is 3.43. The van der Waals surface area contributed by atoms with Crippen LogP contribution >= 0.6 is 0 Å². The Morgan fingerprint density at radius 1 is 1.48 bits per heavy atom. The van der Waals surface area contributed by atoms with Gasteiger partial charge in [0.1, 0.15) is 6.04 Å². The van der Waals surface area contributed by atoms with Crippen LogP contribution in [-0.2, 0) is 4.79 Å². The van der Waals surface area contributed by atoms with Crippen molar-refractivity contribution in [3.05, 3.63) is 39.7 Å². The van der Waals surface area contributed by atoms with E-state index in [2.05, 4.69) is 5.32 Å². The number of nitro benzene ring substituents is 1. The summed E-state index contributed by atoms with van der Waals surface area (Å²) in [5.74, 6) is -3.38. The van der Waals surface area contributed by atoms with E-state index in [0.717, 1.165) is 18.2 Å². The van der Waals surface area contributed by atoms with Crippen molar-refractivity contribution in [2.75, 3.05) is 0 Å². The molecule has 21 heavy (non-hydrogen) atoms. The molecule has 1 aromatic rings. The summed E-state index contributed by atoms with van der Waals surface area (Å²) < 4.78 is 13.2. The molecule has 0 saturated heterocycles. The molecule has 1 amide bonds. The highest BCUT2D eigenvalue weighted by atomic mass is 19.1. The fourth-order valence-corrected chi connectivity index (χ4v) is 1.70. The number of amides is 1. The van der Waals surface area contributed by atoms with Gasteiger partial charge in [-0.15, -0.1) is 0 Å². The summed E-state index contributed by atoms with van der Waals surface area (Å²) in [7, 11) is 0. The fourth-order valence-electron chi connectivity index (χ4n) is 1.70. The molecule has 8 heteroatoms. The number of benzene rings is 1. The maximum atomic E-state index is 13.2. The van der Waals surface area contributed by atoms with Crippen molar-refractivity contribution in [1.29, 1.82) is 0 Å². The monoisotopic (exact) mass is 298 g/mol. The van der Waals surface area contributed by atoms with E-state index in [-0.39, 0.29) is 11.5 Å². The number of carbonyl (C=O) groups is 2. The largest absolute Gasteiger partial charge is 0.480 e. The summed E-state index contributed by atoms with van der Waals surface area (Å²) in [6.07, 6.45) is 0.529. The maximum absolute atomic E-state index is 13.2. The Hall–Kier alpha value is -2.51. The third kappa shape index (κ3) is 3.98. The molecule has 114 valence electrons. The van der Waals surface area contributed by atoms with Crippen molar-refractivity contribution in [1.82, 2.24) is 5.32 Å². The number of rotatable bonds is 6. The van der Waals surface area contributed by atoms with E-state index in [1.807, 2.05) is 0 Å². The summed E-state index contributed by atoms with van der Waals surface area (Å²) in [6, 6.07) is 1.52. The van der Waals surface area contributed by atoms with E-state index < -0.39 is 34.3 Å². The lowest BCUT2D eigenvalue weighted by atomic mass is 9.99. The SMILES string of the molecule is CCC(C)[C@H](NC(=O)c1ccc(F)c([N+](=O)[O-])c1)C(=O)O. The zero-order valence-electron chi connectivity index (χ0n) is 11.5. The highest BCUT2D eigenvalue weighted by molar-refractivity contribution is 5.97. The molecule has 0 aromatic heterocycles. The van der Waals surface area contributed by atoms with Gasteiger partial charge in [0.25, 0.3) is 5.91 Å². The first kappa shape index (κ1) is 16.5. The predicted molar refractivity (Wildman–Crippen MR) is 71.4 cm³/mol. The second-order valence-electron chi connectivity index (χ2n) is 4.60. The van der Waals surface area contributed by atoms with Crippen LogP contribution in [0.3, 0.4) is 0 Å². The lowest BCUT2D eigenvalue weighted by Crippen LogP contribution is -2.45. The van der Waals surface area contributed by atoms with Gasteiger partial charge >= 0.3 is 11.7 Å². The van der Waals surface area contributed by atoms with Gasteiger partial charge in [-0.1, -0.05) is 20.3 Å². The minimum atomic E-state index is -1.20. The summed E-state index contributed by atoms with van der Waals surface area (Å²) in [4.78, 5) is 32.7. The Kier molecular flexibility index (Phi) is 5.34. The zero-order chi connectivity index (χ0) is 16.2. The number of carboxylic acid groups (broad SMARTS) is 1. The smallest absolute Gasteiger partial charge is 0.326 e. The van der Waals surface area contributed by atoms with Crippen LogP contribution in [0.4, 0.5) is 10.1 Å². The lowest BCUT2D eigenvalue weighted by molar-refractivity contribution is -0.387. The van der Waals surface area contributed by atoms with Crippen molar-refractivity contribution in [2.45, 2.75) is 26.3 Å². The van der Waals surface area contributed by atoms with Gasteiger partial charge in [-0.05, 0) is 18.1 Å². The Bertz CT molecular complexity index is 576. The molecule has 1 rings (SSSR count). The number of hydrogen-bond donors (Lipinski definition) is 2. The molecule has 0 spiro atoms. The first-order chi connectivity index (χ1) is 9.77. The molecule has 0 aliphatic heterocycles. The summed E-state index contributed by atoms with van der Waals surface area (Å²) in [5, 5.41) is 22.0. The lowest BCUT2D eigenvalue weighted by Gasteiger charge is -2.20. The van der Waals surface area contributed by atoms with E-state index in [4.69, 9.17) is 5.11 Å². The predicted octanol–water partition coefficient (Wildman–Crippen LogP) is 1.96. The highest BCUT2D eigenvalue weighted by Crippen LogP contribution is 2.19.